The zero-order chi connectivity index (χ0) is 10.6. The molecule has 74 valence electrons. The number of carbonyl (C=O) groups excluding carboxylic acids is 1. The van der Waals surface area contributed by atoms with Crippen molar-refractivity contribution in [2.45, 2.75) is 6.92 Å². The number of rotatable bonds is 2. The summed E-state index contributed by atoms with van der Waals surface area (Å²) in [5.74, 6) is -2.39. The van der Waals surface area contributed by atoms with E-state index in [1.54, 1.807) is 19.1 Å². The van der Waals surface area contributed by atoms with Crippen LogP contribution >= 0.6 is 0 Å². The number of carboxylic acid groups (broad SMARTS) is 1. The molecule has 0 spiro atoms. The molecule has 1 aromatic rings. The Labute approximate surface area is 81.0 Å². The number of likely N-dealkylation sites (N-methyl/N-ethyl adjacent to an activating group) is 1. The molecule has 0 radical (unpaired) electrons. The average molecular weight is 194 g/mol. The summed E-state index contributed by atoms with van der Waals surface area (Å²) < 4.78 is 0. The van der Waals surface area contributed by atoms with Gasteiger partial charge in [0.25, 0.3) is 0 Å². The Morgan fingerprint density at radius 1 is 1.43 bits per heavy atom. The van der Waals surface area contributed by atoms with Crippen molar-refractivity contribution in [1.29, 1.82) is 0 Å². The highest BCUT2D eigenvalue weighted by molar-refractivity contribution is 6.37. The Bertz CT molecular complexity index is 337. The van der Waals surface area contributed by atoms with E-state index < -0.39 is 11.9 Å². The molecular formula is C9H10N2O3. The Kier molecular flexibility index (Phi) is 3.17. The highest BCUT2D eigenvalue weighted by Gasteiger charge is 2.20. The fraction of sp³-hybridized carbons (Fsp3) is 0.222. The average Bonchev–Trinajstić information content (AvgIpc) is 2.20. The van der Waals surface area contributed by atoms with Crippen LogP contribution in [0.1, 0.15) is 6.92 Å². The van der Waals surface area contributed by atoms with Gasteiger partial charge in [-0.15, -0.1) is 0 Å². The van der Waals surface area contributed by atoms with Crippen molar-refractivity contribution < 1.29 is 14.7 Å². The maximum absolute atomic E-state index is 11.2. The van der Waals surface area contributed by atoms with Gasteiger partial charge in [-0.2, -0.15) is 0 Å². The largest absolute Gasteiger partial charge is 0.474 e. The first-order chi connectivity index (χ1) is 6.66. The number of hydrogen-bond donors (Lipinski definition) is 1. The lowest BCUT2D eigenvalue weighted by molar-refractivity contribution is -0.148. The standard InChI is InChI=1S/C9H10N2O3/c1-2-11(8(12)9(13)14)7-3-5-10-6-4-7/h3-6H,2H2,1H3,(H,13,14). The second-order valence-corrected chi connectivity index (χ2v) is 2.56. The number of amides is 1. The van der Waals surface area contributed by atoms with Crippen molar-refractivity contribution in [2.75, 3.05) is 11.4 Å². The zero-order valence-corrected chi connectivity index (χ0v) is 7.67. The van der Waals surface area contributed by atoms with Crippen LogP contribution < -0.4 is 4.90 Å². The second-order valence-electron chi connectivity index (χ2n) is 2.56. The zero-order valence-electron chi connectivity index (χ0n) is 7.67. The molecule has 0 saturated carbocycles. The van der Waals surface area contributed by atoms with Crippen LogP contribution in [0.4, 0.5) is 5.69 Å². The van der Waals surface area contributed by atoms with Crippen molar-refractivity contribution in [2.24, 2.45) is 0 Å². The predicted molar refractivity (Wildman–Crippen MR) is 49.9 cm³/mol. The lowest BCUT2D eigenvalue weighted by Crippen LogP contribution is -2.36. The summed E-state index contributed by atoms with van der Waals surface area (Å²) in [5, 5.41) is 8.54. The number of aliphatic carboxylic acids is 1. The van der Waals surface area contributed by atoms with Crippen LogP contribution in [-0.2, 0) is 9.59 Å². The van der Waals surface area contributed by atoms with Crippen molar-refractivity contribution in [3.63, 3.8) is 0 Å². The van der Waals surface area contributed by atoms with E-state index in [9.17, 15) is 9.59 Å². The van der Waals surface area contributed by atoms with Crippen molar-refractivity contribution in [3.8, 4) is 0 Å². The first-order valence-corrected chi connectivity index (χ1v) is 4.11. The molecular weight excluding hydrogens is 184 g/mol. The van der Waals surface area contributed by atoms with E-state index in [1.165, 1.54) is 17.3 Å². The lowest BCUT2D eigenvalue weighted by atomic mass is 10.3. The van der Waals surface area contributed by atoms with Crippen LogP contribution in [0.15, 0.2) is 24.5 Å². The Morgan fingerprint density at radius 3 is 2.43 bits per heavy atom. The monoisotopic (exact) mass is 194 g/mol. The molecule has 1 rings (SSSR count). The van der Waals surface area contributed by atoms with Gasteiger partial charge in [-0.3, -0.25) is 9.78 Å². The van der Waals surface area contributed by atoms with Gasteiger partial charge in [-0.1, -0.05) is 0 Å². The summed E-state index contributed by atoms with van der Waals surface area (Å²) in [4.78, 5) is 26.6. The highest BCUT2D eigenvalue weighted by atomic mass is 16.4. The topological polar surface area (TPSA) is 70.5 Å². The summed E-state index contributed by atoms with van der Waals surface area (Å²) in [7, 11) is 0. The molecule has 0 atom stereocenters. The van der Waals surface area contributed by atoms with E-state index in [0.29, 0.717) is 12.2 Å². The molecule has 0 aliphatic rings. The molecule has 0 aromatic carbocycles. The van der Waals surface area contributed by atoms with E-state index in [0.717, 1.165) is 0 Å². The smallest absolute Gasteiger partial charge is 0.394 e. The highest BCUT2D eigenvalue weighted by Crippen LogP contribution is 2.11. The van der Waals surface area contributed by atoms with E-state index >= 15 is 0 Å². The van der Waals surface area contributed by atoms with Crippen molar-refractivity contribution >= 4 is 17.6 Å². The number of pyridine rings is 1. The predicted octanol–water partition coefficient (Wildman–Crippen LogP) is 0.519. The molecule has 5 heteroatoms. The van der Waals surface area contributed by atoms with Gasteiger partial charge in [0, 0.05) is 24.6 Å². The Morgan fingerprint density at radius 2 is 2.00 bits per heavy atom. The Balaban J connectivity index is 2.93. The molecule has 1 heterocycles. The molecule has 1 N–H and O–H groups in total. The summed E-state index contributed by atoms with van der Waals surface area (Å²) in [5.41, 5.74) is 0.537. The molecule has 0 unspecified atom stereocenters. The van der Waals surface area contributed by atoms with Gasteiger partial charge in [0.1, 0.15) is 0 Å². The maximum atomic E-state index is 11.2. The van der Waals surface area contributed by atoms with Gasteiger partial charge in [-0.05, 0) is 19.1 Å². The van der Waals surface area contributed by atoms with E-state index in [1.807, 2.05) is 0 Å². The summed E-state index contributed by atoms with van der Waals surface area (Å²) in [6.07, 6.45) is 3.01. The molecule has 0 aliphatic heterocycles. The molecule has 1 amide bonds. The number of aromatic nitrogens is 1. The minimum absolute atomic E-state index is 0.315. The van der Waals surface area contributed by atoms with Crippen LogP contribution in [-0.4, -0.2) is 28.5 Å². The van der Waals surface area contributed by atoms with Gasteiger partial charge in [-0.25, -0.2) is 4.79 Å². The number of anilines is 1. The Hall–Kier alpha value is -1.91. The number of nitrogens with zero attached hydrogens (tertiary/aromatic N) is 2. The molecule has 0 fully saturated rings. The van der Waals surface area contributed by atoms with E-state index in [4.69, 9.17) is 5.11 Å². The van der Waals surface area contributed by atoms with Crippen LogP contribution in [0.3, 0.4) is 0 Å². The summed E-state index contributed by atoms with van der Waals surface area (Å²) in [6, 6.07) is 3.18. The van der Waals surface area contributed by atoms with Crippen LogP contribution in [0.5, 0.6) is 0 Å². The normalized spacial score (nSPS) is 9.50. The van der Waals surface area contributed by atoms with Crippen LogP contribution in [0.25, 0.3) is 0 Å². The number of carbonyl (C=O) groups is 2. The van der Waals surface area contributed by atoms with E-state index in [2.05, 4.69) is 4.98 Å². The molecule has 1 aromatic heterocycles. The molecule has 5 nitrogen and oxygen atoms in total. The SMILES string of the molecule is CCN(C(=O)C(=O)O)c1ccncc1. The molecule has 0 saturated heterocycles. The minimum Gasteiger partial charge on any atom is -0.474 e. The third kappa shape index (κ3) is 2.07. The van der Waals surface area contributed by atoms with Gasteiger partial charge >= 0.3 is 11.9 Å². The van der Waals surface area contributed by atoms with Gasteiger partial charge in [0.05, 0.1) is 0 Å². The van der Waals surface area contributed by atoms with Gasteiger partial charge in [0.2, 0.25) is 0 Å². The fourth-order valence-corrected chi connectivity index (χ4v) is 1.08. The van der Waals surface area contributed by atoms with Gasteiger partial charge in [0.15, 0.2) is 0 Å². The second kappa shape index (κ2) is 4.36. The minimum atomic E-state index is -1.45. The molecule has 0 bridgehead atoms. The number of hydrogen-bond acceptors (Lipinski definition) is 3. The van der Waals surface area contributed by atoms with E-state index in [-0.39, 0.29) is 0 Å². The maximum Gasteiger partial charge on any atom is 0.394 e. The van der Waals surface area contributed by atoms with Crippen LogP contribution in [0, 0.1) is 0 Å². The van der Waals surface area contributed by atoms with Gasteiger partial charge < -0.3 is 10.0 Å². The lowest BCUT2D eigenvalue weighted by Gasteiger charge is -2.17. The number of carboxylic acids is 1. The first kappa shape index (κ1) is 10.2. The molecule has 0 aliphatic carbocycles. The van der Waals surface area contributed by atoms with Crippen molar-refractivity contribution in [1.82, 2.24) is 4.98 Å². The quantitative estimate of drug-likeness (QED) is 0.697. The van der Waals surface area contributed by atoms with Crippen molar-refractivity contribution in [3.05, 3.63) is 24.5 Å². The summed E-state index contributed by atoms with van der Waals surface area (Å²) in [6.45, 7) is 2.02. The third-order valence-electron chi connectivity index (χ3n) is 1.72. The third-order valence-corrected chi connectivity index (χ3v) is 1.72. The fourth-order valence-electron chi connectivity index (χ4n) is 1.08. The van der Waals surface area contributed by atoms with Crippen LogP contribution in [0.2, 0.25) is 0 Å². The summed E-state index contributed by atoms with van der Waals surface area (Å²) >= 11 is 0. The molecule has 14 heavy (non-hydrogen) atoms. The first-order valence-electron chi connectivity index (χ1n) is 4.11.